The van der Waals surface area contributed by atoms with Crippen molar-refractivity contribution in [3.8, 4) is 0 Å². The van der Waals surface area contributed by atoms with Crippen molar-refractivity contribution in [3.05, 3.63) is 102 Å². The van der Waals surface area contributed by atoms with Crippen molar-refractivity contribution in [1.82, 2.24) is 14.9 Å². The number of carbonyl (C=O) groups is 2. The predicted molar refractivity (Wildman–Crippen MR) is 187 cm³/mol. The number of nitrogens with zero attached hydrogens (tertiary/aromatic N) is 1. The maximum atomic E-state index is 13.6. The third-order valence-corrected chi connectivity index (χ3v) is 8.98. The van der Waals surface area contributed by atoms with Gasteiger partial charge in [0.05, 0.1) is 26.4 Å². The molecule has 8 nitrogen and oxygen atoms in total. The highest BCUT2D eigenvalue weighted by Gasteiger charge is 2.30. The normalized spacial score (nSPS) is 13.1. The average molecular weight is 652 g/mol. The lowest BCUT2D eigenvalue weighted by molar-refractivity contribution is -0.126. The van der Waals surface area contributed by atoms with Crippen LogP contribution >= 0.6 is 11.9 Å². The van der Waals surface area contributed by atoms with Gasteiger partial charge in [-0.1, -0.05) is 86.6 Å². The molecule has 0 aromatic heterocycles. The van der Waals surface area contributed by atoms with E-state index < -0.39 is 6.04 Å². The van der Waals surface area contributed by atoms with E-state index >= 15 is 0 Å². The van der Waals surface area contributed by atoms with Gasteiger partial charge in [0.15, 0.2) is 0 Å². The lowest BCUT2D eigenvalue weighted by Gasteiger charge is -2.31. The van der Waals surface area contributed by atoms with Gasteiger partial charge in [0.25, 0.3) is 6.47 Å². The highest BCUT2D eigenvalue weighted by molar-refractivity contribution is 7.97. The first-order valence-corrected chi connectivity index (χ1v) is 16.8. The fraction of sp³-hybridized carbons (Fsp3) is 0.459. The number of hydrogen-bond donors (Lipinski definition) is 4. The number of amides is 1. The van der Waals surface area contributed by atoms with E-state index in [-0.39, 0.29) is 37.1 Å². The molecular weight excluding hydrogens is 598 g/mol. The van der Waals surface area contributed by atoms with E-state index in [0.29, 0.717) is 12.4 Å². The van der Waals surface area contributed by atoms with Gasteiger partial charge >= 0.3 is 0 Å². The molecule has 0 fully saturated rings. The van der Waals surface area contributed by atoms with Crippen molar-refractivity contribution in [1.29, 1.82) is 0 Å². The van der Waals surface area contributed by atoms with Crippen molar-refractivity contribution < 1.29 is 24.5 Å². The van der Waals surface area contributed by atoms with Gasteiger partial charge in [-0.25, -0.2) is 4.31 Å². The van der Waals surface area contributed by atoms with Gasteiger partial charge in [-0.2, -0.15) is 0 Å². The van der Waals surface area contributed by atoms with Gasteiger partial charge in [0.2, 0.25) is 5.91 Å². The van der Waals surface area contributed by atoms with Crippen molar-refractivity contribution in [2.24, 2.45) is 5.92 Å². The summed E-state index contributed by atoms with van der Waals surface area (Å²) in [5.41, 5.74) is 3.09. The molecule has 4 N–H and O–H groups in total. The number of rotatable bonds is 19. The van der Waals surface area contributed by atoms with E-state index in [9.17, 15) is 15.0 Å². The molecule has 3 aromatic carbocycles. The molecule has 1 amide bonds. The summed E-state index contributed by atoms with van der Waals surface area (Å²) in [5, 5.41) is 26.3. The molecule has 46 heavy (non-hydrogen) atoms. The van der Waals surface area contributed by atoms with Crippen LogP contribution in [-0.2, 0) is 20.9 Å². The first kappa shape index (κ1) is 39.0. The Balaban J connectivity index is 0.00000173. The standard InChI is InChI=1S/C35H49N3O3S.C2H4O2/c1-26(2)22-23-38(42-32-20-18-28(24-39)19-21-32)31(25-40)17-11-12-27(3)37-35(41)34(36-4)33(29-13-7-5-8-14-29)30-15-9-6-10-16-30;1-4-2-3/h5-10,13-16,18-21,26-27,31,33-34,36,39-40H,11-12,17,22-25H2,1-4H3,(H,37,41);2H,1H3. The highest BCUT2D eigenvalue weighted by Crippen LogP contribution is 2.30. The third kappa shape index (κ3) is 13.6. The minimum Gasteiger partial charge on any atom is -0.471 e. The van der Waals surface area contributed by atoms with E-state index in [4.69, 9.17) is 4.79 Å². The number of benzene rings is 3. The zero-order valence-corrected chi connectivity index (χ0v) is 28.8. The molecule has 3 rings (SSSR count). The van der Waals surface area contributed by atoms with Crippen LogP contribution in [0.4, 0.5) is 0 Å². The van der Waals surface area contributed by atoms with Gasteiger partial charge < -0.3 is 25.6 Å². The van der Waals surface area contributed by atoms with Crippen LogP contribution in [0.2, 0.25) is 0 Å². The summed E-state index contributed by atoms with van der Waals surface area (Å²) >= 11 is 1.67. The molecule has 3 aromatic rings. The van der Waals surface area contributed by atoms with E-state index in [1.807, 2.05) is 67.7 Å². The molecule has 0 spiro atoms. The SMILES string of the molecule is CNC(C(=O)NC(C)CCCC(CO)N(CCC(C)C)Sc1ccc(CO)cc1)C(c1ccccc1)c1ccccc1.COC=O. The second-order valence-electron chi connectivity index (χ2n) is 11.8. The molecule has 252 valence electrons. The summed E-state index contributed by atoms with van der Waals surface area (Å²) < 4.78 is 6.17. The van der Waals surface area contributed by atoms with E-state index in [1.165, 1.54) is 7.11 Å². The van der Waals surface area contributed by atoms with Gasteiger partial charge in [-0.15, -0.1) is 0 Å². The molecule has 0 aliphatic carbocycles. The molecule has 0 heterocycles. The van der Waals surface area contributed by atoms with Crippen LogP contribution < -0.4 is 10.6 Å². The summed E-state index contributed by atoms with van der Waals surface area (Å²) in [6.45, 7) is 7.87. The van der Waals surface area contributed by atoms with E-state index in [2.05, 4.69) is 64.7 Å². The Bertz CT molecular complexity index is 1190. The zero-order chi connectivity index (χ0) is 33.7. The lowest BCUT2D eigenvalue weighted by Crippen LogP contribution is -2.49. The molecule has 0 aliphatic rings. The fourth-order valence-corrected chi connectivity index (χ4v) is 6.26. The number of aliphatic hydroxyl groups is 2. The monoisotopic (exact) mass is 651 g/mol. The number of ether oxygens (including phenoxy) is 1. The van der Waals surface area contributed by atoms with Crippen LogP contribution in [0.5, 0.6) is 0 Å². The Morgan fingerprint density at radius 2 is 1.46 bits per heavy atom. The number of hydrogen-bond acceptors (Lipinski definition) is 8. The molecule has 0 bridgehead atoms. The molecule has 0 aliphatic heterocycles. The second kappa shape index (κ2) is 22.3. The van der Waals surface area contributed by atoms with Gasteiger partial charge in [0, 0.05) is 29.4 Å². The largest absolute Gasteiger partial charge is 0.471 e. The summed E-state index contributed by atoms with van der Waals surface area (Å²) in [6.07, 6.45) is 3.59. The van der Waals surface area contributed by atoms with Crippen molar-refractivity contribution >= 4 is 24.3 Å². The second-order valence-corrected chi connectivity index (χ2v) is 12.9. The maximum Gasteiger partial charge on any atom is 0.292 e. The fourth-order valence-electron chi connectivity index (χ4n) is 5.22. The highest BCUT2D eigenvalue weighted by atomic mass is 32.2. The summed E-state index contributed by atoms with van der Waals surface area (Å²) in [5.74, 6) is 0.443. The van der Waals surface area contributed by atoms with Crippen LogP contribution in [0.3, 0.4) is 0 Å². The van der Waals surface area contributed by atoms with Crippen molar-refractivity contribution in [3.63, 3.8) is 0 Å². The van der Waals surface area contributed by atoms with Crippen LogP contribution in [0, 0.1) is 5.92 Å². The first-order valence-electron chi connectivity index (χ1n) is 16.1. The number of nitrogens with one attached hydrogen (secondary N) is 2. The summed E-state index contributed by atoms with van der Waals surface area (Å²) in [4.78, 5) is 23.6. The Morgan fingerprint density at radius 1 is 0.891 bits per heavy atom. The van der Waals surface area contributed by atoms with E-state index in [0.717, 1.165) is 53.8 Å². The van der Waals surface area contributed by atoms with Gasteiger partial charge in [0.1, 0.15) is 0 Å². The lowest BCUT2D eigenvalue weighted by atomic mass is 9.84. The quantitative estimate of drug-likeness (QED) is 0.0954. The number of methoxy groups -OCH3 is 1. The van der Waals surface area contributed by atoms with E-state index in [1.54, 1.807) is 11.9 Å². The molecule has 0 saturated carbocycles. The molecule has 0 radical (unpaired) electrons. The smallest absolute Gasteiger partial charge is 0.292 e. The molecular formula is C37H53N3O5S. The predicted octanol–water partition coefficient (Wildman–Crippen LogP) is 5.78. The first-order chi connectivity index (χ1) is 22.3. The summed E-state index contributed by atoms with van der Waals surface area (Å²) in [7, 11) is 3.16. The third-order valence-electron chi connectivity index (χ3n) is 7.78. The minimum absolute atomic E-state index is 0.00248. The average Bonchev–Trinajstić information content (AvgIpc) is 3.08. The van der Waals surface area contributed by atoms with Crippen molar-refractivity contribution in [2.75, 3.05) is 27.3 Å². The topological polar surface area (TPSA) is 111 Å². The zero-order valence-electron chi connectivity index (χ0n) is 28.0. The maximum absolute atomic E-state index is 13.6. The minimum atomic E-state index is -0.414. The van der Waals surface area contributed by atoms with Crippen LogP contribution in [0.1, 0.15) is 69.1 Å². The summed E-state index contributed by atoms with van der Waals surface area (Å²) in [6, 6.07) is 27.9. The van der Waals surface area contributed by atoms with Crippen LogP contribution in [0.25, 0.3) is 0 Å². The molecule has 3 unspecified atom stereocenters. The molecule has 9 heteroatoms. The Labute approximate surface area is 280 Å². The van der Waals surface area contributed by atoms with Gasteiger partial charge in [-0.05, 0) is 86.3 Å². The number of aliphatic hydroxyl groups excluding tert-OH is 2. The number of carbonyl (C=O) groups excluding carboxylic acids is 2. The van der Waals surface area contributed by atoms with Crippen LogP contribution in [-0.4, -0.2) is 72.3 Å². The van der Waals surface area contributed by atoms with Gasteiger partial charge in [-0.3, -0.25) is 9.59 Å². The number of likely N-dealkylation sites (N-methyl/N-ethyl adjacent to an activating group) is 1. The molecule has 0 saturated heterocycles. The Kier molecular flexibility index (Phi) is 18.9. The Morgan fingerprint density at radius 3 is 1.91 bits per heavy atom. The van der Waals surface area contributed by atoms with Crippen LogP contribution in [0.15, 0.2) is 89.8 Å². The molecule has 3 atom stereocenters. The van der Waals surface area contributed by atoms with Crippen molar-refractivity contribution in [2.45, 2.75) is 82.0 Å². The Hall–Kier alpha value is -3.21.